The number of hydrogen-bond acceptors (Lipinski definition) is 3. The topological polar surface area (TPSA) is 44.5 Å². The first kappa shape index (κ1) is 12.8. The number of nitrogens with two attached hydrogens (primary N) is 1. The summed E-state index contributed by atoms with van der Waals surface area (Å²) in [4.78, 5) is 0. The fourth-order valence-electron chi connectivity index (χ4n) is 1.53. The summed E-state index contributed by atoms with van der Waals surface area (Å²) in [7, 11) is 0. The van der Waals surface area contributed by atoms with Gasteiger partial charge < -0.3 is 15.2 Å². The first-order valence-corrected chi connectivity index (χ1v) is 5.89. The van der Waals surface area contributed by atoms with Gasteiger partial charge in [-0.25, -0.2) is 0 Å². The Morgan fingerprint density at radius 3 is 2.62 bits per heavy atom. The summed E-state index contributed by atoms with van der Waals surface area (Å²) in [6.07, 6.45) is 2.05. The molecule has 1 unspecified atom stereocenters. The van der Waals surface area contributed by atoms with E-state index >= 15 is 0 Å². The van der Waals surface area contributed by atoms with Gasteiger partial charge in [0.15, 0.2) is 0 Å². The second-order valence-electron chi connectivity index (χ2n) is 3.63. The molecule has 3 nitrogen and oxygen atoms in total. The fraction of sp³-hybridized carbons (Fsp3) is 0.538. The highest BCUT2D eigenvalue weighted by atomic mass is 16.5. The molecular weight excluding hydrogens is 202 g/mol. The summed E-state index contributed by atoms with van der Waals surface area (Å²) in [6, 6.07) is 7.74. The first-order valence-electron chi connectivity index (χ1n) is 5.89. The molecule has 2 N–H and O–H groups in total. The zero-order valence-electron chi connectivity index (χ0n) is 10.1. The van der Waals surface area contributed by atoms with Gasteiger partial charge >= 0.3 is 0 Å². The Balaban J connectivity index is 2.60. The standard InChI is InChI=1S/C13H21NO2/c1-3-11(8-9-14)16-13-7-5-6-12(10-13)15-4-2/h5-7,10-11H,3-4,8-9,14H2,1-2H3. The second kappa shape index (κ2) is 7.12. The van der Waals surface area contributed by atoms with Crippen molar-refractivity contribution in [1.82, 2.24) is 0 Å². The van der Waals surface area contributed by atoms with E-state index in [9.17, 15) is 0 Å². The van der Waals surface area contributed by atoms with Crippen LogP contribution in [0, 0.1) is 0 Å². The molecule has 1 aromatic carbocycles. The lowest BCUT2D eigenvalue weighted by Gasteiger charge is -2.17. The molecule has 90 valence electrons. The molecule has 0 aliphatic heterocycles. The highest BCUT2D eigenvalue weighted by Gasteiger charge is 2.07. The van der Waals surface area contributed by atoms with Gasteiger partial charge in [-0.3, -0.25) is 0 Å². The second-order valence-corrected chi connectivity index (χ2v) is 3.63. The maximum atomic E-state index is 5.83. The Hall–Kier alpha value is -1.22. The van der Waals surface area contributed by atoms with E-state index in [1.54, 1.807) is 0 Å². The zero-order valence-corrected chi connectivity index (χ0v) is 10.1. The Labute approximate surface area is 97.6 Å². The SMILES string of the molecule is CCOc1cccc(OC(CC)CCN)c1. The molecular formula is C13H21NO2. The minimum absolute atomic E-state index is 0.196. The highest BCUT2D eigenvalue weighted by molar-refractivity contribution is 5.33. The minimum atomic E-state index is 0.196. The van der Waals surface area contributed by atoms with Crippen LogP contribution in [0.15, 0.2) is 24.3 Å². The predicted octanol–water partition coefficient (Wildman–Crippen LogP) is 2.59. The van der Waals surface area contributed by atoms with Crippen molar-refractivity contribution in [2.45, 2.75) is 32.8 Å². The normalized spacial score (nSPS) is 12.2. The van der Waals surface area contributed by atoms with E-state index in [0.717, 1.165) is 24.3 Å². The van der Waals surface area contributed by atoms with Crippen LogP contribution in [-0.2, 0) is 0 Å². The number of benzene rings is 1. The maximum Gasteiger partial charge on any atom is 0.123 e. The van der Waals surface area contributed by atoms with Gasteiger partial charge in [0, 0.05) is 6.07 Å². The van der Waals surface area contributed by atoms with Gasteiger partial charge in [0.25, 0.3) is 0 Å². The molecule has 1 atom stereocenters. The van der Waals surface area contributed by atoms with Gasteiger partial charge in [-0.1, -0.05) is 13.0 Å². The molecule has 0 spiro atoms. The molecule has 0 aromatic heterocycles. The molecule has 0 fully saturated rings. The van der Waals surface area contributed by atoms with E-state index in [1.807, 2.05) is 31.2 Å². The van der Waals surface area contributed by atoms with Crippen LogP contribution in [-0.4, -0.2) is 19.3 Å². The van der Waals surface area contributed by atoms with Crippen molar-refractivity contribution < 1.29 is 9.47 Å². The van der Waals surface area contributed by atoms with E-state index in [0.29, 0.717) is 13.2 Å². The largest absolute Gasteiger partial charge is 0.494 e. The van der Waals surface area contributed by atoms with Crippen LogP contribution < -0.4 is 15.2 Å². The van der Waals surface area contributed by atoms with Gasteiger partial charge in [-0.05, 0) is 38.4 Å². The number of ether oxygens (including phenoxy) is 2. The summed E-state index contributed by atoms with van der Waals surface area (Å²) in [6.45, 7) is 5.40. The van der Waals surface area contributed by atoms with E-state index in [2.05, 4.69) is 6.92 Å². The zero-order chi connectivity index (χ0) is 11.8. The molecule has 0 radical (unpaired) electrons. The van der Waals surface area contributed by atoms with E-state index in [4.69, 9.17) is 15.2 Å². The number of rotatable bonds is 7. The summed E-state index contributed by atoms with van der Waals surface area (Å²) in [5.41, 5.74) is 5.53. The lowest BCUT2D eigenvalue weighted by molar-refractivity contribution is 0.188. The molecule has 0 aliphatic rings. The summed E-state index contributed by atoms with van der Waals surface area (Å²) in [5, 5.41) is 0. The maximum absolute atomic E-state index is 5.83. The molecule has 0 aliphatic carbocycles. The highest BCUT2D eigenvalue weighted by Crippen LogP contribution is 2.21. The van der Waals surface area contributed by atoms with Crippen molar-refractivity contribution in [3.8, 4) is 11.5 Å². The third kappa shape index (κ3) is 4.11. The van der Waals surface area contributed by atoms with Crippen molar-refractivity contribution in [1.29, 1.82) is 0 Å². The molecule has 1 aromatic rings. The van der Waals surface area contributed by atoms with Gasteiger partial charge in [0.05, 0.1) is 12.7 Å². The van der Waals surface area contributed by atoms with E-state index in [1.165, 1.54) is 0 Å². The van der Waals surface area contributed by atoms with Gasteiger partial charge in [0.2, 0.25) is 0 Å². The van der Waals surface area contributed by atoms with Crippen LogP contribution in [0.3, 0.4) is 0 Å². The van der Waals surface area contributed by atoms with Crippen LogP contribution in [0.1, 0.15) is 26.7 Å². The van der Waals surface area contributed by atoms with Gasteiger partial charge in [-0.2, -0.15) is 0 Å². The lowest BCUT2D eigenvalue weighted by atomic mass is 10.2. The third-order valence-electron chi connectivity index (χ3n) is 2.36. The third-order valence-corrected chi connectivity index (χ3v) is 2.36. The monoisotopic (exact) mass is 223 g/mol. The average Bonchev–Trinajstić information content (AvgIpc) is 2.29. The smallest absolute Gasteiger partial charge is 0.123 e. The van der Waals surface area contributed by atoms with Crippen LogP contribution in [0.5, 0.6) is 11.5 Å². The Morgan fingerprint density at radius 1 is 1.25 bits per heavy atom. The van der Waals surface area contributed by atoms with Crippen molar-refractivity contribution in [2.75, 3.05) is 13.2 Å². The molecule has 0 bridgehead atoms. The lowest BCUT2D eigenvalue weighted by Crippen LogP contribution is -2.19. The van der Waals surface area contributed by atoms with Crippen LogP contribution in [0.4, 0.5) is 0 Å². The van der Waals surface area contributed by atoms with Crippen LogP contribution in [0.25, 0.3) is 0 Å². The summed E-state index contributed by atoms with van der Waals surface area (Å²) >= 11 is 0. The minimum Gasteiger partial charge on any atom is -0.494 e. The fourth-order valence-corrected chi connectivity index (χ4v) is 1.53. The molecule has 0 amide bonds. The van der Waals surface area contributed by atoms with Crippen molar-refractivity contribution >= 4 is 0 Å². The van der Waals surface area contributed by atoms with E-state index in [-0.39, 0.29) is 6.10 Å². The summed E-state index contributed by atoms with van der Waals surface area (Å²) in [5.74, 6) is 1.70. The molecule has 16 heavy (non-hydrogen) atoms. The van der Waals surface area contributed by atoms with E-state index < -0.39 is 0 Å². The molecule has 0 saturated heterocycles. The Kier molecular flexibility index (Phi) is 5.72. The molecule has 1 rings (SSSR count). The quantitative estimate of drug-likeness (QED) is 0.772. The molecule has 0 heterocycles. The Bertz CT molecular complexity index is 302. The first-order chi connectivity index (χ1) is 7.80. The Morgan fingerprint density at radius 2 is 2.00 bits per heavy atom. The molecule has 3 heteroatoms. The van der Waals surface area contributed by atoms with Gasteiger partial charge in [-0.15, -0.1) is 0 Å². The van der Waals surface area contributed by atoms with Crippen molar-refractivity contribution in [3.63, 3.8) is 0 Å². The van der Waals surface area contributed by atoms with Crippen LogP contribution >= 0.6 is 0 Å². The van der Waals surface area contributed by atoms with Crippen molar-refractivity contribution in [2.24, 2.45) is 5.73 Å². The summed E-state index contributed by atoms with van der Waals surface area (Å²) < 4.78 is 11.2. The number of hydrogen-bond donors (Lipinski definition) is 1. The van der Waals surface area contributed by atoms with Crippen molar-refractivity contribution in [3.05, 3.63) is 24.3 Å². The van der Waals surface area contributed by atoms with Gasteiger partial charge in [0.1, 0.15) is 11.5 Å². The predicted molar refractivity (Wildman–Crippen MR) is 66.0 cm³/mol. The molecule has 0 saturated carbocycles. The van der Waals surface area contributed by atoms with Crippen LogP contribution in [0.2, 0.25) is 0 Å². The average molecular weight is 223 g/mol.